The van der Waals surface area contributed by atoms with E-state index >= 15 is 0 Å². The van der Waals surface area contributed by atoms with Gasteiger partial charge in [0.15, 0.2) is 0 Å². The summed E-state index contributed by atoms with van der Waals surface area (Å²) in [5, 5.41) is 0. The Morgan fingerprint density at radius 1 is 0.958 bits per heavy atom. The summed E-state index contributed by atoms with van der Waals surface area (Å²) in [5.74, 6) is 4.81. The average molecular weight is 312 g/mol. The van der Waals surface area contributed by atoms with Gasteiger partial charge in [-0.25, -0.2) is 0 Å². The summed E-state index contributed by atoms with van der Waals surface area (Å²) in [6.07, 6.45) is 10.7. The highest BCUT2D eigenvalue weighted by molar-refractivity contribution is 5.57. The highest BCUT2D eigenvalue weighted by Gasteiger charge is 2.96. The molecule has 5 rings (SSSR count). The topological polar surface area (TPSA) is 0 Å². The zero-order valence-electron chi connectivity index (χ0n) is 14.3. The van der Waals surface area contributed by atoms with E-state index in [1.807, 2.05) is 0 Å². The third-order valence-corrected chi connectivity index (χ3v) is 8.06. The molecule has 3 aliphatic carbocycles. The minimum atomic E-state index is 0.239. The number of rotatable bonds is 4. The molecular weight excluding hydrogens is 288 g/mol. The normalized spacial score (nSPS) is 41.2. The largest absolute Gasteiger partial charge is 0.120 e. The summed E-state index contributed by atoms with van der Waals surface area (Å²) in [4.78, 5) is 0. The van der Waals surface area contributed by atoms with Gasteiger partial charge >= 0.3 is 0 Å². The molecule has 0 radical (unpaired) electrons. The molecule has 0 aromatic heterocycles. The van der Waals surface area contributed by atoms with Crippen molar-refractivity contribution in [3.8, 4) is 12.3 Å². The summed E-state index contributed by atoms with van der Waals surface area (Å²) in [7, 11) is 0. The molecule has 0 heterocycles. The molecule has 3 saturated carbocycles. The lowest BCUT2D eigenvalue weighted by Crippen LogP contribution is -2.54. The van der Waals surface area contributed by atoms with Crippen LogP contribution in [0.5, 0.6) is 0 Å². The van der Waals surface area contributed by atoms with Crippen molar-refractivity contribution in [3.05, 3.63) is 71.8 Å². The van der Waals surface area contributed by atoms with Crippen LogP contribution in [0.4, 0.5) is 0 Å². The molecule has 24 heavy (non-hydrogen) atoms. The van der Waals surface area contributed by atoms with Crippen LogP contribution in [-0.2, 0) is 11.8 Å². The Morgan fingerprint density at radius 3 is 2.17 bits per heavy atom. The van der Waals surface area contributed by atoms with Gasteiger partial charge in [0, 0.05) is 17.3 Å². The van der Waals surface area contributed by atoms with Gasteiger partial charge in [0.2, 0.25) is 0 Å². The van der Waals surface area contributed by atoms with E-state index in [1.165, 1.54) is 18.4 Å². The van der Waals surface area contributed by atoms with Gasteiger partial charge in [-0.3, -0.25) is 0 Å². The molecule has 0 unspecified atom stereocenters. The fourth-order valence-electron chi connectivity index (χ4n) is 7.25. The molecule has 2 aromatic rings. The highest BCUT2D eigenvalue weighted by Crippen LogP contribution is 2.98. The van der Waals surface area contributed by atoms with Crippen molar-refractivity contribution < 1.29 is 0 Å². The predicted octanol–water partition coefficient (Wildman–Crippen LogP) is 5.24. The van der Waals surface area contributed by atoms with Crippen LogP contribution >= 0.6 is 0 Å². The number of benzene rings is 2. The number of hydrogen-bond acceptors (Lipinski definition) is 0. The van der Waals surface area contributed by atoms with Crippen molar-refractivity contribution in [1.82, 2.24) is 0 Å². The molecular formula is C24H24. The molecule has 5 atom stereocenters. The fourth-order valence-corrected chi connectivity index (χ4v) is 7.25. The molecule has 2 aromatic carbocycles. The number of terminal acetylenes is 1. The first kappa shape index (κ1) is 14.4. The van der Waals surface area contributed by atoms with Gasteiger partial charge in [0.1, 0.15) is 0 Å². The minimum absolute atomic E-state index is 0.239. The Balaban J connectivity index is 1.66. The molecule has 3 fully saturated rings. The molecule has 0 spiro atoms. The maximum absolute atomic E-state index is 5.92. The molecule has 0 nitrogen and oxygen atoms in total. The Labute approximate surface area is 145 Å². The molecule has 0 N–H and O–H groups in total. The Bertz CT molecular complexity index is 814. The Hall–Kier alpha value is -2.00. The van der Waals surface area contributed by atoms with Crippen LogP contribution in [0, 0.1) is 35.0 Å². The van der Waals surface area contributed by atoms with Gasteiger partial charge in [-0.1, -0.05) is 67.6 Å². The van der Waals surface area contributed by atoms with Crippen LogP contribution in [0.15, 0.2) is 60.7 Å². The lowest BCUT2D eigenvalue weighted by Gasteiger charge is -2.58. The average Bonchev–Trinajstić information content (AvgIpc) is 2.97. The van der Waals surface area contributed by atoms with Gasteiger partial charge < -0.3 is 0 Å². The molecule has 0 amide bonds. The van der Waals surface area contributed by atoms with E-state index in [1.54, 1.807) is 5.56 Å². The van der Waals surface area contributed by atoms with Crippen LogP contribution in [0.25, 0.3) is 0 Å². The zero-order valence-corrected chi connectivity index (χ0v) is 14.3. The maximum atomic E-state index is 5.92. The molecule has 3 aliphatic rings. The van der Waals surface area contributed by atoms with Crippen molar-refractivity contribution in [1.29, 1.82) is 0 Å². The second-order valence-electron chi connectivity index (χ2n) is 8.29. The highest BCUT2D eigenvalue weighted by atomic mass is 15.0. The first-order chi connectivity index (χ1) is 11.7. The van der Waals surface area contributed by atoms with Crippen molar-refractivity contribution in [3.63, 3.8) is 0 Å². The van der Waals surface area contributed by atoms with Crippen molar-refractivity contribution in [2.45, 2.75) is 38.0 Å². The van der Waals surface area contributed by atoms with Gasteiger partial charge in [-0.15, -0.1) is 12.3 Å². The van der Waals surface area contributed by atoms with Crippen LogP contribution in [-0.4, -0.2) is 0 Å². The third-order valence-electron chi connectivity index (χ3n) is 8.06. The third kappa shape index (κ3) is 1.28. The monoisotopic (exact) mass is 312 g/mol. The van der Waals surface area contributed by atoms with E-state index in [2.05, 4.69) is 73.5 Å². The van der Waals surface area contributed by atoms with Gasteiger partial charge in [0.25, 0.3) is 0 Å². The fraction of sp³-hybridized carbons (Fsp3) is 0.417. The predicted molar refractivity (Wildman–Crippen MR) is 98.5 cm³/mol. The first-order valence-electron chi connectivity index (χ1n) is 9.25. The second kappa shape index (κ2) is 4.54. The Kier molecular flexibility index (Phi) is 2.72. The summed E-state index contributed by atoms with van der Waals surface area (Å²) in [6.45, 7) is 2.54. The molecule has 0 aliphatic heterocycles. The van der Waals surface area contributed by atoms with Gasteiger partial charge in [-0.2, -0.15) is 0 Å². The van der Waals surface area contributed by atoms with E-state index in [4.69, 9.17) is 6.42 Å². The lowest BCUT2D eigenvalue weighted by molar-refractivity contribution is -0.0483. The van der Waals surface area contributed by atoms with Crippen LogP contribution in [0.3, 0.4) is 0 Å². The summed E-state index contributed by atoms with van der Waals surface area (Å²) in [6, 6.07) is 22.3. The smallest absolute Gasteiger partial charge is 0.0160 e. The second-order valence-corrected chi connectivity index (χ2v) is 8.29. The number of hydrogen-bond donors (Lipinski definition) is 0. The van der Waals surface area contributed by atoms with Crippen LogP contribution in [0.2, 0.25) is 0 Å². The standard InChI is InChI=1S/C24H24/c1-3-16-23(17-18-10-6-4-7-11-18)22(2)20-14-15-21(20)24(22,23)19-12-8-5-9-13-19/h1,4-13,20-21H,14-17H2,2H3/t20-,21-,22-,23-,24-/m0/s1. The molecule has 0 heteroatoms. The first-order valence-corrected chi connectivity index (χ1v) is 9.25. The molecule has 120 valence electrons. The SMILES string of the molecule is C#CC[C@]1(Cc2ccccc2)[C@]2(C)[C@H]3CC[C@@H]3[C@]12c1ccccc1. The molecule has 0 bridgehead atoms. The van der Waals surface area contributed by atoms with Gasteiger partial charge in [0.05, 0.1) is 0 Å². The maximum Gasteiger partial charge on any atom is 0.0160 e. The van der Waals surface area contributed by atoms with Gasteiger partial charge in [-0.05, 0) is 47.6 Å². The van der Waals surface area contributed by atoms with Crippen molar-refractivity contribution in [2.24, 2.45) is 22.7 Å². The summed E-state index contributed by atoms with van der Waals surface area (Å²) >= 11 is 0. The van der Waals surface area contributed by atoms with Crippen LogP contribution in [0.1, 0.15) is 37.3 Å². The van der Waals surface area contributed by atoms with E-state index < -0.39 is 0 Å². The molecule has 0 saturated heterocycles. The van der Waals surface area contributed by atoms with Crippen molar-refractivity contribution >= 4 is 0 Å². The van der Waals surface area contributed by atoms with E-state index in [9.17, 15) is 0 Å². The quantitative estimate of drug-likeness (QED) is 0.678. The number of fused-ring (bicyclic) bond motifs is 4. The van der Waals surface area contributed by atoms with E-state index in [0.717, 1.165) is 24.7 Å². The summed E-state index contributed by atoms with van der Waals surface area (Å²) in [5.41, 5.74) is 3.92. The Morgan fingerprint density at radius 2 is 1.58 bits per heavy atom. The minimum Gasteiger partial charge on any atom is -0.120 e. The van der Waals surface area contributed by atoms with E-state index in [0.29, 0.717) is 10.8 Å². The van der Waals surface area contributed by atoms with E-state index in [-0.39, 0.29) is 5.41 Å². The summed E-state index contributed by atoms with van der Waals surface area (Å²) < 4.78 is 0. The lowest BCUT2D eigenvalue weighted by atomic mass is 9.46. The van der Waals surface area contributed by atoms with Crippen molar-refractivity contribution in [2.75, 3.05) is 0 Å². The van der Waals surface area contributed by atoms with Crippen LogP contribution < -0.4 is 0 Å². The zero-order chi connectivity index (χ0) is 16.4.